The van der Waals surface area contributed by atoms with Crippen molar-refractivity contribution in [3.05, 3.63) is 29.8 Å². The average Bonchev–Trinajstić information content (AvgIpc) is 3.61. The number of amides is 2. The Bertz CT molecular complexity index is 1700. The highest BCUT2D eigenvalue weighted by atomic mass is 16.6. The minimum Gasteiger partial charge on any atom is -0.461 e. The molecule has 5 saturated carbocycles. The second-order valence-electron chi connectivity index (χ2n) is 16.4. The molecule has 6 fully saturated rings. The maximum absolute atomic E-state index is 14.0. The van der Waals surface area contributed by atoms with Crippen molar-refractivity contribution in [3.63, 3.8) is 0 Å². The number of rotatable bonds is 9. The minimum absolute atomic E-state index is 0.0622. The molecule has 5 aliphatic carbocycles. The Kier molecular flexibility index (Phi) is 7.95. The van der Waals surface area contributed by atoms with Gasteiger partial charge in [0, 0.05) is 74.9 Å². The van der Waals surface area contributed by atoms with E-state index in [2.05, 4.69) is 0 Å². The fraction of sp³-hybridized carbons (Fsp3) is 0.711. The zero-order chi connectivity index (χ0) is 36.4. The molecule has 7 aliphatic rings. The molecule has 0 radical (unpaired) electrons. The van der Waals surface area contributed by atoms with Crippen molar-refractivity contribution in [2.24, 2.45) is 51.3 Å². The Morgan fingerprint density at radius 1 is 1.08 bits per heavy atom. The van der Waals surface area contributed by atoms with Gasteiger partial charge in [0.2, 0.25) is 11.8 Å². The maximum Gasteiger partial charge on any atom is 0.340 e. The van der Waals surface area contributed by atoms with Gasteiger partial charge in [-0.3, -0.25) is 19.4 Å². The summed E-state index contributed by atoms with van der Waals surface area (Å²) in [7, 11) is 4.75. The fourth-order valence-electron chi connectivity index (χ4n) is 12.2. The molecule has 2 heterocycles. The first kappa shape index (κ1) is 34.8. The van der Waals surface area contributed by atoms with E-state index in [0.29, 0.717) is 19.3 Å². The Morgan fingerprint density at radius 2 is 1.82 bits per heavy atom. The number of ether oxygens (including phenoxy) is 5. The SMILES string of the molecule is CO[C@H]1C[C@@]2(O)[C@H]3[C@@H](OC(=O)C(C)C)[C@@H]1C[C@H]3[C@@]13[C@@H](OC)CC[C@@]4(COC(=O)c5ccccc5N5C(=O)C[C@H](C)C5=O)C=N[C@@H]1[C@]2(O)[C@@H](OC)[C@H]43. The Labute approximate surface area is 297 Å². The molecule has 8 rings (SSSR count). The molecule has 13 heteroatoms. The number of hydrogen-bond donors (Lipinski definition) is 2. The van der Waals surface area contributed by atoms with Crippen LogP contribution < -0.4 is 4.90 Å². The molecule has 7 bridgehead atoms. The third-order valence-electron chi connectivity index (χ3n) is 14.1. The van der Waals surface area contributed by atoms with E-state index in [4.69, 9.17) is 28.7 Å². The lowest BCUT2D eigenvalue weighted by Crippen LogP contribution is -2.77. The molecule has 1 spiro atoms. The molecular weight excluding hydrogens is 660 g/mol. The first-order valence-electron chi connectivity index (χ1n) is 18.2. The van der Waals surface area contributed by atoms with Gasteiger partial charge in [-0.15, -0.1) is 0 Å². The summed E-state index contributed by atoms with van der Waals surface area (Å²) in [6.07, 6.45) is 1.01. The summed E-state index contributed by atoms with van der Waals surface area (Å²) < 4.78 is 31.0. The van der Waals surface area contributed by atoms with Gasteiger partial charge in [-0.05, 0) is 37.3 Å². The lowest BCUT2D eigenvalue weighted by atomic mass is 9.44. The number of hydrogen-bond acceptors (Lipinski definition) is 12. The first-order valence-corrected chi connectivity index (χ1v) is 18.2. The molecule has 0 unspecified atom stereocenters. The Hall–Kier alpha value is -3.23. The van der Waals surface area contributed by atoms with Crippen molar-refractivity contribution in [2.75, 3.05) is 32.8 Å². The van der Waals surface area contributed by atoms with Crippen molar-refractivity contribution in [2.45, 2.75) is 94.5 Å². The van der Waals surface area contributed by atoms with Crippen LogP contribution in [0.3, 0.4) is 0 Å². The fourth-order valence-corrected chi connectivity index (χ4v) is 12.2. The van der Waals surface area contributed by atoms with Crippen molar-refractivity contribution in [1.29, 1.82) is 0 Å². The second kappa shape index (κ2) is 11.6. The van der Waals surface area contributed by atoms with Gasteiger partial charge in [0.05, 0.1) is 41.5 Å². The zero-order valence-electron chi connectivity index (χ0n) is 29.9. The quantitative estimate of drug-likeness (QED) is 0.285. The highest BCUT2D eigenvalue weighted by Gasteiger charge is 2.91. The summed E-state index contributed by atoms with van der Waals surface area (Å²) in [5.74, 6) is -4.39. The third kappa shape index (κ3) is 4.18. The maximum atomic E-state index is 14.0. The van der Waals surface area contributed by atoms with Crippen LogP contribution in [-0.4, -0.2) is 110 Å². The molecule has 14 atom stereocenters. The van der Waals surface area contributed by atoms with Crippen LogP contribution in [0.2, 0.25) is 0 Å². The van der Waals surface area contributed by atoms with E-state index in [1.54, 1.807) is 59.4 Å². The lowest BCUT2D eigenvalue weighted by molar-refractivity contribution is -0.293. The zero-order valence-corrected chi connectivity index (χ0v) is 29.9. The van der Waals surface area contributed by atoms with Gasteiger partial charge in [0.1, 0.15) is 23.9 Å². The molecule has 1 aromatic rings. The van der Waals surface area contributed by atoms with Crippen molar-refractivity contribution in [3.8, 4) is 0 Å². The van der Waals surface area contributed by atoms with E-state index in [-0.39, 0.29) is 60.3 Å². The van der Waals surface area contributed by atoms with E-state index in [0.717, 1.165) is 4.90 Å². The van der Waals surface area contributed by atoms with Crippen LogP contribution in [0.1, 0.15) is 63.2 Å². The van der Waals surface area contributed by atoms with E-state index in [9.17, 15) is 29.4 Å². The number of aliphatic imine (C=N–C) groups is 1. The molecule has 1 saturated heterocycles. The molecule has 2 N–H and O–H groups in total. The normalized spacial score (nSPS) is 45.8. The lowest BCUT2D eigenvalue weighted by Gasteiger charge is -2.65. The highest BCUT2D eigenvalue weighted by Crippen LogP contribution is 2.79. The summed E-state index contributed by atoms with van der Waals surface area (Å²) in [5.41, 5.74) is -5.25. The van der Waals surface area contributed by atoms with Gasteiger partial charge in [-0.1, -0.05) is 32.9 Å². The predicted molar refractivity (Wildman–Crippen MR) is 180 cm³/mol. The number of para-hydroxylation sites is 1. The summed E-state index contributed by atoms with van der Waals surface area (Å²) in [4.78, 5) is 59.1. The summed E-state index contributed by atoms with van der Waals surface area (Å²) in [5, 5.41) is 26.3. The summed E-state index contributed by atoms with van der Waals surface area (Å²) >= 11 is 0. The smallest absolute Gasteiger partial charge is 0.340 e. The molecule has 1 aromatic carbocycles. The van der Waals surface area contributed by atoms with Crippen LogP contribution in [0.4, 0.5) is 5.69 Å². The predicted octanol–water partition coefficient (Wildman–Crippen LogP) is 2.34. The average molecular weight is 709 g/mol. The number of nitrogens with zero attached hydrogens (tertiary/aromatic N) is 2. The van der Waals surface area contributed by atoms with Crippen LogP contribution in [0.15, 0.2) is 29.3 Å². The van der Waals surface area contributed by atoms with Crippen LogP contribution in [0.25, 0.3) is 0 Å². The number of methoxy groups -OCH3 is 3. The standard InChI is InChI=1S/C38H48N2O11/c1-18(2)32(43)51-28-21-14-22-27(28)36(45,15-24(21)47-4)38(46)30(49-6)29-35(12-11-25(48-5)37(22,29)34(38)39-16-35)17-50-33(44)20-9-7-8-10-23(20)40-26(41)13-19(3)31(40)42/h7-10,16,18-19,21-22,24-25,27-30,34,45-46H,11-15,17H2,1-6H3/t19-,21+,22+,24-,25-,27+,28-,29+,30-,34-,35-,36+,37-,38+/m0/s1. The number of fused-ring (bicyclic) bond motifs is 2. The molecule has 2 amide bonds. The number of carbonyl (C=O) groups is 4. The number of anilines is 1. The minimum atomic E-state index is -1.93. The number of imide groups is 1. The Balaban J connectivity index is 1.20. The molecule has 2 aliphatic heterocycles. The van der Waals surface area contributed by atoms with Gasteiger partial charge in [-0.2, -0.15) is 0 Å². The number of benzene rings is 1. The van der Waals surface area contributed by atoms with Crippen molar-refractivity contribution in [1.82, 2.24) is 0 Å². The largest absolute Gasteiger partial charge is 0.461 e. The summed E-state index contributed by atoms with van der Waals surface area (Å²) in [6.45, 7) is 5.09. The van der Waals surface area contributed by atoms with Crippen LogP contribution in [0.5, 0.6) is 0 Å². The number of aliphatic hydroxyl groups is 2. The van der Waals surface area contributed by atoms with Crippen LogP contribution >= 0.6 is 0 Å². The van der Waals surface area contributed by atoms with Crippen LogP contribution in [-0.2, 0) is 38.1 Å². The molecule has 13 nitrogen and oxygen atoms in total. The molecule has 0 aromatic heterocycles. The van der Waals surface area contributed by atoms with E-state index in [1.807, 2.05) is 0 Å². The monoisotopic (exact) mass is 708 g/mol. The second-order valence-corrected chi connectivity index (χ2v) is 16.4. The van der Waals surface area contributed by atoms with Gasteiger partial charge >= 0.3 is 11.9 Å². The third-order valence-corrected chi connectivity index (χ3v) is 14.1. The molecule has 276 valence electrons. The molecular formula is C38H48N2O11. The van der Waals surface area contributed by atoms with Gasteiger partial charge in [0.15, 0.2) is 0 Å². The van der Waals surface area contributed by atoms with Crippen LogP contribution in [0, 0.1) is 46.3 Å². The van der Waals surface area contributed by atoms with E-state index < -0.39 is 82.1 Å². The van der Waals surface area contributed by atoms with Crippen molar-refractivity contribution < 1.29 is 53.1 Å². The first-order chi connectivity index (χ1) is 24.3. The van der Waals surface area contributed by atoms with E-state index in [1.165, 1.54) is 13.2 Å². The van der Waals surface area contributed by atoms with E-state index >= 15 is 0 Å². The number of carbonyl (C=O) groups excluding carboxylic acids is 4. The molecule has 51 heavy (non-hydrogen) atoms. The highest BCUT2D eigenvalue weighted by molar-refractivity contribution is 6.22. The Morgan fingerprint density at radius 3 is 2.47 bits per heavy atom. The van der Waals surface area contributed by atoms with Gasteiger partial charge in [-0.25, -0.2) is 9.69 Å². The summed E-state index contributed by atoms with van der Waals surface area (Å²) in [6, 6.07) is 5.61. The topological polar surface area (TPSA) is 170 Å². The van der Waals surface area contributed by atoms with Gasteiger partial charge < -0.3 is 33.9 Å². The number of esters is 2. The van der Waals surface area contributed by atoms with Gasteiger partial charge in [0.25, 0.3) is 0 Å². The van der Waals surface area contributed by atoms with Crippen molar-refractivity contribution >= 4 is 35.7 Å².